The quantitative estimate of drug-likeness (QED) is 0.159. The number of ether oxygens (including phenoxy) is 1. The molecule has 1 unspecified atom stereocenters. The molecule has 4 aromatic rings. The molecule has 5 N–H and O–H groups in total. The molecule has 0 aliphatic carbocycles. The van der Waals surface area contributed by atoms with Crippen molar-refractivity contribution in [2.75, 3.05) is 30.9 Å². The first-order valence-corrected chi connectivity index (χ1v) is 13.9. The number of nitrogens with two attached hydrogens (primary N) is 2. The van der Waals surface area contributed by atoms with E-state index in [1.807, 2.05) is 49.5 Å². The van der Waals surface area contributed by atoms with E-state index in [0.29, 0.717) is 31.1 Å². The number of nitrogen functional groups attached to an aromatic ring is 1. The number of aromatic nitrogens is 1. The van der Waals surface area contributed by atoms with Crippen LogP contribution in [0.25, 0.3) is 10.9 Å². The average molecular weight is 554 g/mol. The Kier molecular flexibility index (Phi) is 7.64. The van der Waals surface area contributed by atoms with Crippen molar-refractivity contribution >= 4 is 28.2 Å². The Hall–Kier alpha value is -4.14. The molecule has 1 aliphatic heterocycles. The minimum absolute atomic E-state index is 0.428. The Labute approximate surface area is 241 Å². The van der Waals surface area contributed by atoms with Crippen LogP contribution in [0.15, 0.2) is 60.8 Å². The minimum atomic E-state index is -1.10. The lowest BCUT2D eigenvalue weighted by atomic mass is 9.69. The number of fused-ring (bicyclic) bond motifs is 3. The van der Waals surface area contributed by atoms with Crippen LogP contribution in [0.5, 0.6) is 5.75 Å². The number of anilines is 2. The van der Waals surface area contributed by atoms with Gasteiger partial charge in [0, 0.05) is 49.7 Å². The number of pyridine rings is 1. The van der Waals surface area contributed by atoms with Gasteiger partial charge in [-0.1, -0.05) is 36.4 Å². The third-order valence-electron chi connectivity index (χ3n) is 8.45. The SMILES string of the molecule is Cc1ccc(C(c2ccc(N(C)N)c(N)c2C)C(C)(C)C(=O)O)cc1CN1CCOc2c(cnc3ccccc23)C1. The van der Waals surface area contributed by atoms with Crippen LogP contribution in [0, 0.1) is 19.3 Å². The average Bonchev–Trinajstić information content (AvgIpc) is 3.14. The molecule has 0 saturated heterocycles. The highest BCUT2D eigenvalue weighted by molar-refractivity contribution is 5.86. The van der Waals surface area contributed by atoms with Crippen LogP contribution >= 0.6 is 0 Å². The Morgan fingerprint density at radius 2 is 1.93 bits per heavy atom. The maximum Gasteiger partial charge on any atom is 0.310 e. The van der Waals surface area contributed by atoms with Crippen LogP contribution in [0.3, 0.4) is 0 Å². The number of aliphatic carboxylic acids is 1. The summed E-state index contributed by atoms with van der Waals surface area (Å²) >= 11 is 0. The lowest BCUT2D eigenvalue weighted by molar-refractivity contribution is -0.147. The monoisotopic (exact) mass is 553 g/mol. The zero-order valence-corrected chi connectivity index (χ0v) is 24.4. The van der Waals surface area contributed by atoms with Crippen LogP contribution in [-0.2, 0) is 17.9 Å². The number of aryl methyl sites for hydroxylation is 1. The van der Waals surface area contributed by atoms with Gasteiger partial charge < -0.3 is 20.6 Å². The van der Waals surface area contributed by atoms with Crippen LogP contribution in [-0.4, -0.2) is 41.2 Å². The van der Waals surface area contributed by atoms with Gasteiger partial charge in [0.15, 0.2) is 0 Å². The number of rotatable bonds is 7. The van der Waals surface area contributed by atoms with Gasteiger partial charge in [0.25, 0.3) is 0 Å². The van der Waals surface area contributed by atoms with Crippen molar-refractivity contribution < 1.29 is 14.6 Å². The molecule has 0 saturated carbocycles. The molecule has 214 valence electrons. The summed E-state index contributed by atoms with van der Waals surface area (Å²) in [4.78, 5) is 19.6. The Balaban J connectivity index is 1.52. The molecule has 0 spiro atoms. The van der Waals surface area contributed by atoms with E-state index in [2.05, 4.69) is 35.0 Å². The number of carboxylic acids is 1. The largest absolute Gasteiger partial charge is 0.491 e. The van der Waals surface area contributed by atoms with E-state index in [1.165, 1.54) is 5.01 Å². The van der Waals surface area contributed by atoms with Gasteiger partial charge in [0.1, 0.15) is 12.4 Å². The number of para-hydroxylation sites is 1. The van der Waals surface area contributed by atoms with E-state index in [4.69, 9.17) is 16.3 Å². The van der Waals surface area contributed by atoms with Crippen molar-refractivity contribution in [1.82, 2.24) is 9.88 Å². The summed E-state index contributed by atoms with van der Waals surface area (Å²) in [5.41, 5.74) is 13.6. The molecule has 0 bridgehead atoms. The zero-order valence-electron chi connectivity index (χ0n) is 24.4. The minimum Gasteiger partial charge on any atom is -0.491 e. The predicted molar refractivity (Wildman–Crippen MR) is 164 cm³/mol. The summed E-state index contributed by atoms with van der Waals surface area (Å²) in [6, 6.07) is 18.2. The molecular formula is C33H39N5O3. The molecule has 1 aromatic heterocycles. The normalized spacial score (nSPS) is 14.7. The van der Waals surface area contributed by atoms with Crippen LogP contribution < -0.4 is 21.3 Å². The van der Waals surface area contributed by atoms with E-state index < -0.39 is 17.3 Å². The number of carbonyl (C=O) groups is 1. The predicted octanol–water partition coefficient (Wildman–Crippen LogP) is 5.38. The summed E-state index contributed by atoms with van der Waals surface area (Å²) in [5, 5.41) is 12.8. The van der Waals surface area contributed by atoms with Gasteiger partial charge in [0.2, 0.25) is 0 Å². The fourth-order valence-electron chi connectivity index (χ4n) is 5.91. The van der Waals surface area contributed by atoms with Crippen molar-refractivity contribution in [2.24, 2.45) is 11.3 Å². The van der Waals surface area contributed by atoms with Crippen molar-refractivity contribution in [3.8, 4) is 5.75 Å². The van der Waals surface area contributed by atoms with Gasteiger partial charge >= 0.3 is 5.97 Å². The maximum absolute atomic E-state index is 12.6. The summed E-state index contributed by atoms with van der Waals surface area (Å²) in [5.74, 6) is 5.60. The second-order valence-electron chi connectivity index (χ2n) is 11.7. The molecule has 0 fully saturated rings. The maximum atomic E-state index is 12.6. The number of carboxylic acid groups (broad SMARTS) is 1. The number of benzene rings is 3. The smallest absolute Gasteiger partial charge is 0.310 e. The highest BCUT2D eigenvalue weighted by Gasteiger charge is 2.40. The second kappa shape index (κ2) is 11.0. The molecule has 1 atom stereocenters. The van der Waals surface area contributed by atoms with Gasteiger partial charge in [-0.3, -0.25) is 14.7 Å². The summed E-state index contributed by atoms with van der Waals surface area (Å²) < 4.78 is 6.23. The Bertz CT molecular complexity index is 1610. The Morgan fingerprint density at radius 1 is 1.17 bits per heavy atom. The highest BCUT2D eigenvalue weighted by Crippen LogP contribution is 2.45. The number of hydrogen-bond donors (Lipinski definition) is 3. The van der Waals surface area contributed by atoms with Gasteiger partial charge in [0.05, 0.1) is 22.3 Å². The molecule has 3 aromatic carbocycles. The highest BCUT2D eigenvalue weighted by atomic mass is 16.5. The molecule has 8 heteroatoms. The fraction of sp³-hybridized carbons (Fsp3) is 0.333. The van der Waals surface area contributed by atoms with Crippen molar-refractivity contribution in [2.45, 2.75) is 46.7 Å². The molecule has 1 aliphatic rings. The lowest BCUT2D eigenvalue weighted by Crippen LogP contribution is -2.33. The molecular weight excluding hydrogens is 514 g/mol. The number of hydrazine groups is 1. The number of nitrogens with zero attached hydrogens (tertiary/aromatic N) is 3. The van der Waals surface area contributed by atoms with Gasteiger partial charge in [-0.25, -0.2) is 5.84 Å². The van der Waals surface area contributed by atoms with E-state index in [1.54, 1.807) is 20.9 Å². The third kappa shape index (κ3) is 5.33. The fourth-order valence-corrected chi connectivity index (χ4v) is 5.91. The first-order valence-electron chi connectivity index (χ1n) is 13.9. The number of hydrogen-bond acceptors (Lipinski definition) is 7. The summed E-state index contributed by atoms with van der Waals surface area (Å²) in [6.07, 6.45) is 1.92. The van der Waals surface area contributed by atoms with E-state index in [0.717, 1.165) is 56.6 Å². The standard InChI is InChI=1S/C33H39N5O3/c1-20-10-11-22(29(33(3,4)32(39)40)25-12-13-28(37(5)35)30(34)21(25)2)16-23(20)18-38-14-15-41-31-24(19-38)17-36-27-9-7-6-8-26(27)31/h6-13,16-17,29H,14-15,18-19,34-35H2,1-5H3,(H,39,40). The van der Waals surface area contributed by atoms with E-state index in [9.17, 15) is 9.90 Å². The molecule has 41 heavy (non-hydrogen) atoms. The van der Waals surface area contributed by atoms with E-state index in [-0.39, 0.29) is 0 Å². The van der Waals surface area contributed by atoms with Crippen LogP contribution in [0.4, 0.5) is 11.4 Å². The first kappa shape index (κ1) is 28.4. The first-order chi connectivity index (χ1) is 19.5. The third-order valence-corrected chi connectivity index (χ3v) is 8.45. The zero-order chi connectivity index (χ0) is 29.5. The van der Waals surface area contributed by atoms with Gasteiger partial charge in [-0.2, -0.15) is 0 Å². The molecule has 2 heterocycles. The Morgan fingerprint density at radius 3 is 2.66 bits per heavy atom. The molecule has 0 radical (unpaired) electrons. The molecule has 5 rings (SSSR count). The van der Waals surface area contributed by atoms with Crippen LogP contribution in [0.2, 0.25) is 0 Å². The second-order valence-corrected chi connectivity index (χ2v) is 11.7. The lowest BCUT2D eigenvalue weighted by Gasteiger charge is -2.34. The van der Waals surface area contributed by atoms with E-state index >= 15 is 0 Å². The summed E-state index contributed by atoms with van der Waals surface area (Å²) in [7, 11) is 1.74. The topological polar surface area (TPSA) is 118 Å². The van der Waals surface area contributed by atoms with Gasteiger partial charge in [-0.15, -0.1) is 0 Å². The van der Waals surface area contributed by atoms with Crippen molar-refractivity contribution in [1.29, 1.82) is 0 Å². The van der Waals surface area contributed by atoms with Crippen molar-refractivity contribution in [3.63, 3.8) is 0 Å². The molecule has 8 nitrogen and oxygen atoms in total. The van der Waals surface area contributed by atoms with Gasteiger partial charge in [-0.05, 0) is 73.7 Å². The summed E-state index contributed by atoms with van der Waals surface area (Å²) in [6.45, 7) is 10.3. The van der Waals surface area contributed by atoms with Crippen LogP contribution in [0.1, 0.15) is 53.1 Å². The van der Waals surface area contributed by atoms with Crippen molar-refractivity contribution in [3.05, 3.63) is 94.2 Å². The molecule has 0 amide bonds.